The Balaban J connectivity index is 2.12. The summed E-state index contributed by atoms with van der Waals surface area (Å²) in [5, 5.41) is 7.41. The van der Waals surface area contributed by atoms with Gasteiger partial charge < -0.3 is 5.73 Å². The highest BCUT2D eigenvalue weighted by atomic mass is 32.2. The van der Waals surface area contributed by atoms with Crippen molar-refractivity contribution in [2.75, 3.05) is 12.3 Å². The molecule has 0 bridgehead atoms. The molecule has 3 N–H and O–H groups in total. The molecule has 1 aromatic carbocycles. The minimum Gasteiger partial charge on any atom is -0.398 e. The van der Waals surface area contributed by atoms with Crippen LogP contribution < -0.4 is 10.5 Å². The van der Waals surface area contributed by atoms with Crippen molar-refractivity contribution < 1.29 is 8.42 Å². The van der Waals surface area contributed by atoms with Gasteiger partial charge in [0.25, 0.3) is 0 Å². The van der Waals surface area contributed by atoms with Gasteiger partial charge >= 0.3 is 0 Å². The molecular weight excluding hydrogens is 278 g/mol. The highest BCUT2D eigenvalue weighted by molar-refractivity contribution is 7.89. The van der Waals surface area contributed by atoms with Gasteiger partial charge in [-0.05, 0) is 37.1 Å². The second-order valence-electron chi connectivity index (χ2n) is 4.54. The van der Waals surface area contributed by atoms with E-state index in [-0.39, 0.29) is 17.1 Å². The SMILES string of the molecule is Cc1cc(N)c(S(=O)(=O)NCCn2ccnn2)cc1C. The molecule has 0 aliphatic carbocycles. The van der Waals surface area contributed by atoms with Crippen LogP contribution in [-0.4, -0.2) is 30.0 Å². The third kappa shape index (κ3) is 3.14. The maximum Gasteiger partial charge on any atom is 0.242 e. The Labute approximate surface area is 117 Å². The van der Waals surface area contributed by atoms with Gasteiger partial charge in [0, 0.05) is 12.7 Å². The lowest BCUT2D eigenvalue weighted by molar-refractivity contribution is 0.553. The van der Waals surface area contributed by atoms with E-state index in [9.17, 15) is 8.42 Å². The smallest absolute Gasteiger partial charge is 0.242 e. The van der Waals surface area contributed by atoms with Crippen LogP contribution in [0.2, 0.25) is 0 Å². The first-order chi connectivity index (χ1) is 9.40. The molecule has 0 aliphatic heterocycles. The lowest BCUT2D eigenvalue weighted by Gasteiger charge is -2.11. The first kappa shape index (κ1) is 14.5. The van der Waals surface area contributed by atoms with Crippen LogP contribution in [0.15, 0.2) is 29.4 Å². The van der Waals surface area contributed by atoms with Crippen LogP contribution in [0.5, 0.6) is 0 Å². The van der Waals surface area contributed by atoms with Crippen molar-refractivity contribution in [3.63, 3.8) is 0 Å². The maximum absolute atomic E-state index is 12.2. The van der Waals surface area contributed by atoms with Crippen molar-refractivity contribution in [2.24, 2.45) is 0 Å². The quantitative estimate of drug-likeness (QED) is 0.780. The predicted molar refractivity (Wildman–Crippen MR) is 75.5 cm³/mol. The Morgan fingerprint density at radius 1 is 1.30 bits per heavy atom. The highest BCUT2D eigenvalue weighted by Gasteiger charge is 2.17. The van der Waals surface area contributed by atoms with Crippen LogP contribution in [0.4, 0.5) is 5.69 Å². The molecule has 0 unspecified atom stereocenters. The van der Waals surface area contributed by atoms with E-state index < -0.39 is 10.0 Å². The molecule has 0 fully saturated rings. The van der Waals surface area contributed by atoms with Gasteiger partial charge in [0.2, 0.25) is 10.0 Å². The van der Waals surface area contributed by atoms with E-state index in [1.807, 2.05) is 13.8 Å². The standard InChI is InChI=1S/C12H17N5O2S/c1-9-7-11(13)12(8-10(9)2)20(18,19)15-4-6-17-5-3-14-16-17/h3,5,7-8,15H,4,6,13H2,1-2H3. The van der Waals surface area contributed by atoms with E-state index in [2.05, 4.69) is 15.0 Å². The molecule has 1 aromatic heterocycles. The van der Waals surface area contributed by atoms with Crippen molar-refractivity contribution in [3.05, 3.63) is 35.7 Å². The Hall–Kier alpha value is -1.93. The Morgan fingerprint density at radius 3 is 2.65 bits per heavy atom. The summed E-state index contributed by atoms with van der Waals surface area (Å²) >= 11 is 0. The van der Waals surface area contributed by atoms with Crippen LogP contribution in [0.25, 0.3) is 0 Å². The van der Waals surface area contributed by atoms with E-state index in [1.54, 1.807) is 23.0 Å². The van der Waals surface area contributed by atoms with E-state index >= 15 is 0 Å². The number of sulfonamides is 1. The van der Waals surface area contributed by atoms with Crippen molar-refractivity contribution in [1.29, 1.82) is 0 Å². The number of aromatic nitrogens is 3. The highest BCUT2D eigenvalue weighted by Crippen LogP contribution is 2.22. The number of nitrogens with one attached hydrogen (secondary N) is 1. The summed E-state index contributed by atoms with van der Waals surface area (Å²) in [7, 11) is -3.62. The van der Waals surface area contributed by atoms with Gasteiger partial charge in [-0.3, -0.25) is 4.68 Å². The molecule has 8 heteroatoms. The van der Waals surface area contributed by atoms with Crippen molar-refractivity contribution in [3.8, 4) is 0 Å². The van der Waals surface area contributed by atoms with Crippen molar-refractivity contribution >= 4 is 15.7 Å². The molecule has 2 aromatic rings. The fourth-order valence-electron chi connectivity index (χ4n) is 1.77. The number of nitrogen functional groups attached to an aromatic ring is 1. The summed E-state index contributed by atoms with van der Waals surface area (Å²) in [5.74, 6) is 0. The average molecular weight is 295 g/mol. The molecule has 2 rings (SSSR count). The Morgan fingerprint density at radius 2 is 2.00 bits per heavy atom. The third-order valence-electron chi connectivity index (χ3n) is 3.02. The zero-order chi connectivity index (χ0) is 14.8. The molecule has 108 valence electrons. The average Bonchev–Trinajstić information content (AvgIpc) is 2.86. The van der Waals surface area contributed by atoms with Crippen LogP contribution in [0.3, 0.4) is 0 Å². The van der Waals surface area contributed by atoms with Gasteiger partial charge in [-0.1, -0.05) is 5.21 Å². The number of hydrogen-bond acceptors (Lipinski definition) is 5. The van der Waals surface area contributed by atoms with Gasteiger partial charge in [0.05, 0.1) is 18.4 Å². The van der Waals surface area contributed by atoms with Gasteiger partial charge in [0.15, 0.2) is 0 Å². The van der Waals surface area contributed by atoms with E-state index in [0.29, 0.717) is 6.54 Å². The minimum atomic E-state index is -3.62. The summed E-state index contributed by atoms with van der Waals surface area (Å²) in [6.45, 7) is 4.37. The number of hydrogen-bond donors (Lipinski definition) is 2. The first-order valence-electron chi connectivity index (χ1n) is 6.10. The Bertz CT molecular complexity index is 695. The van der Waals surface area contributed by atoms with Crippen LogP contribution in [-0.2, 0) is 16.6 Å². The number of aryl methyl sites for hydroxylation is 2. The molecule has 0 saturated heterocycles. The van der Waals surface area contributed by atoms with Gasteiger partial charge in [-0.2, -0.15) is 0 Å². The van der Waals surface area contributed by atoms with Crippen LogP contribution in [0, 0.1) is 13.8 Å². The lowest BCUT2D eigenvalue weighted by Crippen LogP contribution is -2.28. The number of rotatable bonds is 5. The largest absolute Gasteiger partial charge is 0.398 e. The zero-order valence-corrected chi connectivity index (χ0v) is 12.2. The summed E-state index contributed by atoms with van der Waals surface area (Å²) in [5.41, 5.74) is 7.89. The molecule has 20 heavy (non-hydrogen) atoms. The molecule has 0 amide bonds. The van der Waals surface area contributed by atoms with Crippen LogP contribution in [0.1, 0.15) is 11.1 Å². The molecule has 0 atom stereocenters. The zero-order valence-electron chi connectivity index (χ0n) is 11.4. The second kappa shape index (κ2) is 5.59. The minimum absolute atomic E-state index is 0.110. The van der Waals surface area contributed by atoms with E-state index in [4.69, 9.17) is 5.73 Å². The summed E-state index contributed by atoms with van der Waals surface area (Å²) in [4.78, 5) is 0.110. The fraction of sp³-hybridized carbons (Fsp3) is 0.333. The topological polar surface area (TPSA) is 103 Å². The van der Waals surface area contributed by atoms with Gasteiger partial charge in [-0.15, -0.1) is 5.10 Å². The summed E-state index contributed by atoms with van der Waals surface area (Å²) in [6, 6.07) is 3.25. The molecule has 0 aliphatic rings. The number of anilines is 1. The van der Waals surface area contributed by atoms with Crippen molar-refractivity contribution in [1.82, 2.24) is 19.7 Å². The molecule has 0 saturated carbocycles. The lowest BCUT2D eigenvalue weighted by atomic mass is 10.1. The molecule has 1 heterocycles. The third-order valence-corrected chi connectivity index (χ3v) is 4.54. The molecular formula is C12H17N5O2S. The monoisotopic (exact) mass is 295 g/mol. The molecule has 7 nitrogen and oxygen atoms in total. The fourth-order valence-corrected chi connectivity index (χ4v) is 2.99. The predicted octanol–water partition coefficient (Wildman–Crippen LogP) is 0.456. The Kier molecular flexibility index (Phi) is 4.05. The number of benzene rings is 1. The van der Waals surface area contributed by atoms with E-state index in [1.165, 1.54) is 6.20 Å². The van der Waals surface area contributed by atoms with Gasteiger partial charge in [0.1, 0.15) is 4.90 Å². The second-order valence-corrected chi connectivity index (χ2v) is 6.27. The first-order valence-corrected chi connectivity index (χ1v) is 7.59. The van der Waals surface area contributed by atoms with Crippen LogP contribution >= 0.6 is 0 Å². The van der Waals surface area contributed by atoms with Gasteiger partial charge in [-0.25, -0.2) is 13.1 Å². The number of nitrogens with zero attached hydrogens (tertiary/aromatic N) is 3. The maximum atomic E-state index is 12.2. The number of nitrogens with two attached hydrogens (primary N) is 1. The van der Waals surface area contributed by atoms with E-state index in [0.717, 1.165) is 11.1 Å². The summed E-state index contributed by atoms with van der Waals surface area (Å²) in [6.07, 6.45) is 3.20. The molecule has 0 radical (unpaired) electrons. The molecule has 0 spiro atoms. The van der Waals surface area contributed by atoms with Crippen molar-refractivity contribution in [2.45, 2.75) is 25.3 Å². The normalized spacial score (nSPS) is 11.7. The summed E-state index contributed by atoms with van der Waals surface area (Å²) < 4.78 is 28.5.